The maximum absolute atomic E-state index is 11.0. The van der Waals surface area contributed by atoms with Gasteiger partial charge in [0, 0.05) is 12.0 Å². The number of rotatable bonds is 10. The molecule has 31 heavy (non-hydrogen) atoms. The van der Waals surface area contributed by atoms with Gasteiger partial charge in [0.2, 0.25) is 0 Å². The molecule has 1 atom stereocenters. The summed E-state index contributed by atoms with van der Waals surface area (Å²) < 4.78 is 15.5. The Kier molecular flexibility index (Phi) is 11.8. The number of para-hydroxylation sites is 1. The zero-order chi connectivity index (χ0) is 23.2. The van der Waals surface area contributed by atoms with Gasteiger partial charge in [0.1, 0.15) is 5.82 Å². The number of methoxy groups -OCH3 is 2. The number of nitrogens with one attached hydrogen (secondary N) is 2. The Balaban J connectivity index is 0.000000330. The van der Waals surface area contributed by atoms with E-state index in [1.165, 1.54) is 33.5 Å². The van der Waals surface area contributed by atoms with Gasteiger partial charge in [-0.1, -0.05) is 52.2 Å². The van der Waals surface area contributed by atoms with E-state index in [-0.39, 0.29) is 5.97 Å². The van der Waals surface area contributed by atoms with Crippen LogP contribution in [0.5, 0.6) is 11.5 Å². The maximum atomic E-state index is 11.0. The van der Waals surface area contributed by atoms with Crippen molar-refractivity contribution in [3.8, 4) is 11.5 Å². The van der Waals surface area contributed by atoms with Crippen LogP contribution >= 0.6 is 0 Å². The Morgan fingerprint density at radius 2 is 1.74 bits per heavy atom. The number of carbonyl (C=O) groups is 3. The summed E-state index contributed by atoms with van der Waals surface area (Å²) in [6.07, 6.45) is 6.84. The molecule has 172 valence electrons. The molecule has 1 aromatic rings. The van der Waals surface area contributed by atoms with E-state index in [1.54, 1.807) is 24.3 Å². The highest BCUT2D eigenvalue weighted by Crippen LogP contribution is 2.31. The fourth-order valence-electron chi connectivity index (χ4n) is 2.85. The van der Waals surface area contributed by atoms with Gasteiger partial charge in [-0.3, -0.25) is 14.4 Å². The Labute approximate surface area is 184 Å². The van der Waals surface area contributed by atoms with Crippen LogP contribution in [0.15, 0.2) is 24.0 Å². The van der Waals surface area contributed by atoms with Crippen molar-refractivity contribution in [2.45, 2.75) is 52.9 Å². The van der Waals surface area contributed by atoms with Gasteiger partial charge in [0.15, 0.2) is 11.5 Å². The molecule has 0 bridgehead atoms. The van der Waals surface area contributed by atoms with Crippen molar-refractivity contribution in [3.05, 3.63) is 29.6 Å². The number of unbranched alkanes of at least 4 members (excludes halogenated alkanes) is 1. The fourth-order valence-corrected chi connectivity index (χ4v) is 2.85. The van der Waals surface area contributed by atoms with Gasteiger partial charge in [-0.15, -0.1) is 0 Å². The lowest BCUT2D eigenvalue weighted by atomic mass is 10.0. The van der Waals surface area contributed by atoms with Gasteiger partial charge in [0.25, 0.3) is 0 Å². The number of amides is 2. The van der Waals surface area contributed by atoms with E-state index in [2.05, 4.69) is 24.5 Å². The van der Waals surface area contributed by atoms with Crippen LogP contribution in [0.1, 0.15) is 58.4 Å². The monoisotopic (exact) mass is 434 g/mol. The second-order valence-corrected chi connectivity index (χ2v) is 7.00. The Morgan fingerprint density at radius 1 is 1.06 bits per heavy atom. The van der Waals surface area contributed by atoms with Crippen LogP contribution in [0, 0.1) is 5.92 Å². The largest absolute Gasteiger partial charge is 0.493 e. The van der Waals surface area contributed by atoms with Crippen LogP contribution < -0.4 is 20.1 Å². The van der Waals surface area contributed by atoms with Gasteiger partial charge in [-0.05, 0) is 24.5 Å². The molecule has 0 aromatic heterocycles. The third-order valence-electron chi connectivity index (χ3n) is 4.75. The molecule has 0 radical (unpaired) electrons. The second kappa shape index (κ2) is 14.1. The van der Waals surface area contributed by atoms with Crippen molar-refractivity contribution < 1.29 is 28.6 Å². The molecule has 1 aliphatic rings. The zero-order valence-electron chi connectivity index (χ0n) is 19.1. The number of ether oxygens (including phenoxy) is 3. The third kappa shape index (κ3) is 8.70. The molecule has 8 nitrogen and oxygen atoms in total. The van der Waals surface area contributed by atoms with Gasteiger partial charge >= 0.3 is 17.8 Å². The molecule has 0 saturated carbocycles. The summed E-state index contributed by atoms with van der Waals surface area (Å²) in [5.41, 5.74) is 0.689. The normalized spacial score (nSPS) is 13.4. The van der Waals surface area contributed by atoms with Gasteiger partial charge < -0.3 is 24.8 Å². The highest BCUT2D eigenvalue weighted by molar-refractivity contribution is 6.38. The molecular weight excluding hydrogens is 400 g/mol. The number of carbonyl (C=O) groups excluding carboxylic acids is 3. The summed E-state index contributed by atoms with van der Waals surface area (Å²) in [6, 6.07) is 5.32. The molecule has 1 saturated heterocycles. The van der Waals surface area contributed by atoms with E-state index in [0.717, 1.165) is 6.42 Å². The van der Waals surface area contributed by atoms with Crippen molar-refractivity contribution in [1.29, 1.82) is 0 Å². The third-order valence-corrected chi connectivity index (χ3v) is 4.75. The first-order valence-electron chi connectivity index (χ1n) is 10.6. The van der Waals surface area contributed by atoms with Gasteiger partial charge in [-0.2, -0.15) is 0 Å². The zero-order valence-corrected chi connectivity index (χ0v) is 19.1. The van der Waals surface area contributed by atoms with Crippen LogP contribution in [0.3, 0.4) is 0 Å². The van der Waals surface area contributed by atoms with E-state index >= 15 is 0 Å². The minimum Gasteiger partial charge on any atom is -0.493 e. The van der Waals surface area contributed by atoms with Gasteiger partial charge in [-0.25, -0.2) is 0 Å². The average Bonchev–Trinajstić information content (AvgIpc) is 3.10. The lowest BCUT2D eigenvalue weighted by Gasteiger charge is -2.13. The molecule has 1 aliphatic heterocycles. The van der Waals surface area contributed by atoms with Crippen LogP contribution in [0.25, 0.3) is 6.08 Å². The smallest absolute Gasteiger partial charge is 0.315 e. The van der Waals surface area contributed by atoms with Crippen LogP contribution in [-0.2, 0) is 19.1 Å². The minimum atomic E-state index is -0.678. The molecule has 0 spiro atoms. The summed E-state index contributed by atoms with van der Waals surface area (Å²) in [7, 11) is 3.06. The Bertz CT molecular complexity index is 757. The maximum Gasteiger partial charge on any atom is 0.315 e. The van der Waals surface area contributed by atoms with Crippen molar-refractivity contribution in [1.82, 2.24) is 10.6 Å². The lowest BCUT2D eigenvalue weighted by molar-refractivity contribution is -0.144. The molecule has 1 heterocycles. The Hall–Kier alpha value is -3.03. The molecular formula is C23H34N2O6. The van der Waals surface area contributed by atoms with E-state index in [4.69, 9.17) is 14.2 Å². The first-order valence-corrected chi connectivity index (χ1v) is 10.6. The summed E-state index contributed by atoms with van der Waals surface area (Å²) in [6.45, 7) is 6.78. The first-order chi connectivity index (χ1) is 14.9. The quantitative estimate of drug-likeness (QED) is 0.432. The Morgan fingerprint density at radius 3 is 2.26 bits per heavy atom. The summed E-state index contributed by atoms with van der Waals surface area (Å²) in [4.78, 5) is 32.9. The first kappa shape index (κ1) is 26.0. The van der Waals surface area contributed by atoms with E-state index < -0.39 is 11.8 Å². The SMILES string of the molecule is CCCCC(CC)COC(=O)CC.COc1cccc(C=C2NC(=O)C(=O)N2)c1OC. The minimum absolute atomic E-state index is 0.0741. The summed E-state index contributed by atoms with van der Waals surface area (Å²) in [5.74, 6) is 0.554. The topological polar surface area (TPSA) is 103 Å². The molecule has 0 aliphatic carbocycles. The van der Waals surface area contributed by atoms with E-state index in [1.807, 2.05) is 6.92 Å². The molecule has 1 unspecified atom stereocenters. The molecule has 1 aromatic carbocycles. The second-order valence-electron chi connectivity index (χ2n) is 7.00. The molecule has 2 rings (SSSR count). The number of hydrogen-bond donors (Lipinski definition) is 2. The highest BCUT2D eigenvalue weighted by atomic mass is 16.5. The van der Waals surface area contributed by atoms with Gasteiger partial charge in [0.05, 0.1) is 20.8 Å². The lowest BCUT2D eigenvalue weighted by Crippen LogP contribution is -2.19. The van der Waals surface area contributed by atoms with E-state index in [9.17, 15) is 14.4 Å². The van der Waals surface area contributed by atoms with Crippen molar-refractivity contribution in [3.63, 3.8) is 0 Å². The summed E-state index contributed by atoms with van der Waals surface area (Å²) >= 11 is 0. The number of benzene rings is 1. The molecule has 1 fully saturated rings. The van der Waals surface area contributed by atoms with Crippen molar-refractivity contribution >= 4 is 23.9 Å². The van der Waals surface area contributed by atoms with E-state index in [0.29, 0.717) is 41.8 Å². The predicted molar refractivity (Wildman–Crippen MR) is 118 cm³/mol. The predicted octanol–water partition coefficient (Wildman–Crippen LogP) is 3.40. The average molecular weight is 435 g/mol. The molecule has 8 heteroatoms. The van der Waals surface area contributed by atoms with Crippen LogP contribution in [-0.4, -0.2) is 38.6 Å². The van der Waals surface area contributed by atoms with Crippen LogP contribution in [0.4, 0.5) is 0 Å². The highest BCUT2D eigenvalue weighted by Gasteiger charge is 2.24. The standard InChI is InChI=1S/C12H12N2O4.C11H22O2/c1-17-8-5-3-4-7(10(8)18-2)6-9-13-11(15)12(16)14-9;1-4-7-8-10(5-2)9-13-11(12)6-3/h3-6H,1-2H3,(H,13,15)(H,14,16);10H,4-9H2,1-3H3. The number of esters is 1. The van der Waals surface area contributed by atoms with Crippen molar-refractivity contribution in [2.75, 3.05) is 20.8 Å². The van der Waals surface area contributed by atoms with Crippen molar-refractivity contribution in [2.24, 2.45) is 5.92 Å². The number of hydrogen-bond acceptors (Lipinski definition) is 6. The molecule has 2 N–H and O–H groups in total. The molecule has 2 amide bonds. The summed E-state index contributed by atoms with van der Waals surface area (Å²) in [5, 5.41) is 4.81. The fraction of sp³-hybridized carbons (Fsp3) is 0.522. The van der Waals surface area contributed by atoms with Crippen LogP contribution in [0.2, 0.25) is 0 Å².